The molecule has 0 aliphatic heterocycles. The molecule has 218 valence electrons. The van der Waals surface area contributed by atoms with E-state index in [9.17, 15) is 0 Å². The highest BCUT2D eigenvalue weighted by atomic mass is 15.0. The lowest BCUT2D eigenvalue weighted by molar-refractivity contribution is 0.591. The van der Waals surface area contributed by atoms with Gasteiger partial charge in [-0.25, -0.2) is 9.97 Å². The molecule has 8 rings (SSSR count). The minimum atomic E-state index is 0.0873. The average molecular weight is 575 g/mol. The highest BCUT2D eigenvalue weighted by Crippen LogP contribution is 2.35. The lowest BCUT2D eigenvalue weighted by atomic mass is 9.86. The fourth-order valence-corrected chi connectivity index (χ4v) is 6.78. The van der Waals surface area contributed by atoms with E-state index in [0.717, 1.165) is 35.5 Å². The molecule has 4 aromatic carbocycles. The Labute approximate surface area is 258 Å². The molecule has 0 saturated carbocycles. The van der Waals surface area contributed by atoms with Crippen molar-refractivity contribution in [2.24, 2.45) is 0 Å². The van der Waals surface area contributed by atoms with Gasteiger partial charge in [-0.15, -0.1) is 0 Å². The van der Waals surface area contributed by atoms with Crippen LogP contribution in [-0.2, 0) is 23.7 Å². The minimum absolute atomic E-state index is 0.0873. The second kappa shape index (κ2) is 9.40. The van der Waals surface area contributed by atoms with Crippen molar-refractivity contribution >= 4 is 54.6 Å². The van der Waals surface area contributed by atoms with Crippen LogP contribution >= 0.6 is 0 Å². The lowest BCUT2D eigenvalue weighted by Crippen LogP contribution is -2.10. The van der Waals surface area contributed by atoms with Crippen LogP contribution in [0.4, 0.5) is 0 Å². The average Bonchev–Trinajstić information content (AvgIpc) is 3.64. The van der Waals surface area contributed by atoms with Crippen LogP contribution in [0.3, 0.4) is 0 Å². The van der Waals surface area contributed by atoms with Gasteiger partial charge in [-0.1, -0.05) is 102 Å². The summed E-state index contributed by atoms with van der Waals surface area (Å²) in [5.74, 6) is 0. The Kier molecular flexibility index (Phi) is 5.74. The molecule has 0 bridgehead atoms. The summed E-state index contributed by atoms with van der Waals surface area (Å²) in [4.78, 5) is 10.4. The maximum Gasteiger partial charge on any atom is 0.145 e. The molecule has 0 amide bonds. The van der Waals surface area contributed by atoms with Crippen LogP contribution in [0.2, 0.25) is 0 Å². The predicted molar refractivity (Wildman–Crippen MR) is 185 cm³/mol. The van der Waals surface area contributed by atoms with Gasteiger partial charge in [-0.2, -0.15) is 0 Å². The minimum Gasteiger partial charge on any atom is -0.299 e. The molecule has 0 radical (unpaired) electrons. The van der Waals surface area contributed by atoms with Gasteiger partial charge in [0.05, 0.1) is 22.4 Å². The summed E-state index contributed by atoms with van der Waals surface area (Å²) in [6.45, 7) is 13.7. The molecular formula is C40H38N4. The smallest absolute Gasteiger partial charge is 0.145 e. The number of benzene rings is 4. The number of aryl methyl sites for hydroxylation is 2. The van der Waals surface area contributed by atoms with Crippen LogP contribution in [0.15, 0.2) is 97.3 Å². The molecule has 0 unspecified atom stereocenters. The van der Waals surface area contributed by atoms with E-state index in [-0.39, 0.29) is 10.8 Å². The third-order valence-electron chi connectivity index (χ3n) is 9.31. The highest BCUT2D eigenvalue weighted by Gasteiger charge is 2.19. The number of imidazole rings is 2. The van der Waals surface area contributed by atoms with E-state index < -0.39 is 0 Å². The van der Waals surface area contributed by atoms with E-state index in [1.807, 2.05) is 0 Å². The molecule has 4 nitrogen and oxygen atoms in total. The van der Waals surface area contributed by atoms with Gasteiger partial charge in [-0.3, -0.25) is 8.80 Å². The van der Waals surface area contributed by atoms with E-state index in [4.69, 9.17) is 9.97 Å². The summed E-state index contributed by atoms with van der Waals surface area (Å²) in [6.07, 6.45) is 6.11. The molecule has 0 aliphatic carbocycles. The number of hydrogen-bond acceptors (Lipinski definition) is 2. The quantitative estimate of drug-likeness (QED) is 0.197. The topological polar surface area (TPSA) is 34.6 Å². The lowest BCUT2D eigenvalue weighted by Gasteiger charge is -2.20. The van der Waals surface area contributed by atoms with Crippen LogP contribution in [0, 0.1) is 0 Å². The van der Waals surface area contributed by atoms with Crippen molar-refractivity contribution in [2.45, 2.75) is 65.2 Å². The van der Waals surface area contributed by atoms with Crippen LogP contribution in [-0.4, -0.2) is 18.8 Å². The number of hydrogen-bond donors (Lipinski definition) is 0. The van der Waals surface area contributed by atoms with Crippen LogP contribution in [0.5, 0.6) is 0 Å². The van der Waals surface area contributed by atoms with Gasteiger partial charge < -0.3 is 0 Å². The number of pyridine rings is 2. The van der Waals surface area contributed by atoms with Crippen molar-refractivity contribution in [2.75, 3.05) is 0 Å². The fraction of sp³-hybridized carbons (Fsp3) is 0.250. The van der Waals surface area contributed by atoms with Crippen molar-refractivity contribution < 1.29 is 0 Å². The molecule has 4 heterocycles. The molecule has 8 aromatic rings. The van der Waals surface area contributed by atoms with Crippen molar-refractivity contribution in [3.05, 3.63) is 120 Å². The van der Waals surface area contributed by atoms with E-state index >= 15 is 0 Å². The summed E-state index contributed by atoms with van der Waals surface area (Å²) in [7, 11) is 0. The SMILES string of the molecule is CC(C)(C)c1ccc2c(c1)c1ccccc1c1nc(CCc3cn4c5ccc(C(C)(C)C)cc5c5ccccc5c4n3)cn21. The van der Waals surface area contributed by atoms with Gasteiger partial charge >= 0.3 is 0 Å². The largest absolute Gasteiger partial charge is 0.299 e. The highest BCUT2D eigenvalue weighted by molar-refractivity contribution is 6.13. The normalized spacial score (nSPS) is 13.0. The van der Waals surface area contributed by atoms with Crippen molar-refractivity contribution in [3.8, 4) is 0 Å². The van der Waals surface area contributed by atoms with Gasteiger partial charge in [-0.05, 0) is 69.8 Å². The molecule has 0 atom stereocenters. The summed E-state index contributed by atoms with van der Waals surface area (Å²) in [5.41, 5.74) is 9.48. The molecule has 0 spiro atoms. The zero-order valence-corrected chi connectivity index (χ0v) is 26.4. The molecule has 0 aliphatic rings. The van der Waals surface area contributed by atoms with Gasteiger partial charge in [0.25, 0.3) is 0 Å². The molecule has 0 saturated heterocycles. The van der Waals surface area contributed by atoms with Crippen LogP contribution < -0.4 is 0 Å². The molecule has 4 aromatic heterocycles. The molecule has 0 N–H and O–H groups in total. The van der Waals surface area contributed by atoms with E-state index in [0.29, 0.717) is 0 Å². The molecular weight excluding hydrogens is 536 g/mol. The Balaban J connectivity index is 1.22. The van der Waals surface area contributed by atoms with Gasteiger partial charge in [0, 0.05) is 33.9 Å². The van der Waals surface area contributed by atoms with E-state index in [1.54, 1.807) is 0 Å². The standard InChI is InChI=1S/C40H38N4/c1-39(2,3)25-15-19-35-33(21-25)29-11-7-9-13-31(29)37-41-27(23-43(35)37)17-18-28-24-44-36-20-16-26(40(4,5)6)22-34(36)30-12-8-10-14-32(30)38(44)42-28/h7-16,19-24H,17-18H2,1-6H3. The maximum atomic E-state index is 5.19. The van der Waals surface area contributed by atoms with Crippen LogP contribution in [0.25, 0.3) is 54.6 Å². The van der Waals surface area contributed by atoms with Gasteiger partial charge in [0.2, 0.25) is 0 Å². The third kappa shape index (κ3) is 4.19. The first-order chi connectivity index (χ1) is 21.1. The Morgan fingerprint density at radius 3 is 1.25 bits per heavy atom. The van der Waals surface area contributed by atoms with Crippen LogP contribution in [0.1, 0.15) is 64.1 Å². The first kappa shape index (κ1) is 26.9. The Bertz CT molecular complexity index is 2240. The Hall–Kier alpha value is -4.70. The maximum absolute atomic E-state index is 5.19. The van der Waals surface area contributed by atoms with E-state index in [1.165, 1.54) is 54.5 Å². The monoisotopic (exact) mass is 574 g/mol. The molecule has 4 heteroatoms. The summed E-state index contributed by atoms with van der Waals surface area (Å²) in [6, 6.07) is 31.2. The zero-order valence-electron chi connectivity index (χ0n) is 26.4. The number of rotatable bonds is 3. The van der Waals surface area contributed by atoms with Crippen molar-refractivity contribution in [1.82, 2.24) is 18.8 Å². The fourth-order valence-electron chi connectivity index (χ4n) is 6.78. The van der Waals surface area contributed by atoms with Gasteiger partial charge in [0.15, 0.2) is 0 Å². The summed E-state index contributed by atoms with van der Waals surface area (Å²) < 4.78 is 4.58. The number of nitrogens with zero attached hydrogens (tertiary/aromatic N) is 4. The summed E-state index contributed by atoms with van der Waals surface area (Å²) in [5, 5.41) is 7.45. The van der Waals surface area contributed by atoms with Crippen molar-refractivity contribution in [1.29, 1.82) is 0 Å². The number of fused-ring (bicyclic) bond motifs is 12. The molecule has 44 heavy (non-hydrogen) atoms. The second-order valence-electron chi connectivity index (χ2n) is 14.4. The van der Waals surface area contributed by atoms with Crippen molar-refractivity contribution in [3.63, 3.8) is 0 Å². The first-order valence-corrected chi connectivity index (χ1v) is 15.7. The number of aromatic nitrogens is 4. The van der Waals surface area contributed by atoms with Gasteiger partial charge in [0.1, 0.15) is 11.3 Å². The Morgan fingerprint density at radius 2 is 0.864 bits per heavy atom. The Morgan fingerprint density at radius 1 is 0.477 bits per heavy atom. The third-order valence-corrected chi connectivity index (χ3v) is 9.31. The zero-order chi connectivity index (χ0) is 30.4. The second-order valence-corrected chi connectivity index (χ2v) is 14.4. The van der Waals surface area contributed by atoms with E-state index in [2.05, 4.69) is 148 Å². The molecule has 0 fully saturated rings. The summed E-state index contributed by atoms with van der Waals surface area (Å²) >= 11 is 0. The first-order valence-electron chi connectivity index (χ1n) is 15.7. The predicted octanol–water partition coefficient (Wildman–Crippen LogP) is 9.97.